The van der Waals surface area contributed by atoms with Gasteiger partial charge in [0, 0.05) is 7.05 Å². The van der Waals surface area contributed by atoms with Crippen LogP contribution < -0.4 is 10.6 Å². The highest BCUT2D eigenvalue weighted by atomic mass is 19.4. The van der Waals surface area contributed by atoms with Crippen molar-refractivity contribution >= 4 is 11.4 Å². The average Bonchev–Trinajstić information content (AvgIpc) is 2.98. The van der Waals surface area contributed by atoms with Gasteiger partial charge in [0.1, 0.15) is 5.54 Å². The van der Waals surface area contributed by atoms with E-state index >= 15 is 0 Å². The fraction of sp³-hybridized carbons (Fsp3) is 0.500. The van der Waals surface area contributed by atoms with Gasteiger partial charge in [0.15, 0.2) is 0 Å². The van der Waals surface area contributed by atoms with Gasteiger partial charge >= 0.3 is 6.18 Å². The smallest absolute Gasteiger partial charge is 0.387 e. The molecule has 0 amide bonds. The lowest BCUT2D eigenvalue weighted by Crippen LogP contribution is -2.38. The highest BCUT2D eigenvalue weighted by molar-refractivity contribution is 5.56. The zero-order chi connectivity index (χ0) is 11.8. The van der Waals surface area contributed by atoms with Crippen molar-refractivity contribution in [3.8, 4) is 0 Å². The van der Waals surface area contributed by atoms with E-state index < -0.39 is 11.7 Å². The molecular formula is C10H12F3N3. The molecule has 1 aromatic heterocycles. The van der Waals surface area contributed by atoms with Gasteiger partial charge in [-0.15, -0.1) is 0 Å². The van der Waals surface area contributed by atoms with E-state index in [1.165, 1.54) is 6.20 Å². The van der Waals surface area contributed by atoms with Gasteiger partial charge in [-0.1, -0.05) is 0 Å². The van der Waals surface area contributed by atoms with Crippen LogP contribution in [0.4, 0.5) is 24.5 Å². The molecule has 3 nitrogen and oxygen atoms in total. The number of halogens is 3. The summed E-state index contributed by atoms with van der Waals surface area (Å²) in [7, 11) is 1.69. The van der Waals surface area contributed by atoms with Crippen LogP contribution in [0.1, 0.15) is 12.8 Å². The number of aromatic nitrogens is 1. The number of rotatable bonds is 3. The Morgan fingerprint density at radius 3 is 2.38 bits per heavy atom. The zero-order valence-electron chi connectivity index (χ0n) is 8.73. The van der Waals surface area contributed by atoms with Crippen molar-refractivity contribution in [1.82, 2.24) is 4.98 Å². The largest absolute Gasteiger partial charge is 0.411 e. The number of hydrogen-bond donors (Lipinski definition) is 2. The summed E-state index contributed by atoms with van der Waals surface area (Å²) in [6.07, 6.45) is -1.01. The maximum Gasteiger partial charge on any atom is 0.411 e. The summed E-state index contributed by atoms with van der Waals surface area (Å²) in [4.78, 5) is 3.86. The first-order valence-corrected chi connectivity index (χ1v) is 4.95. The molecular weight excluding hydrogens is 219 g/mol. The van der Waals surface area contributed by atoms with Crippen LogP contribution in [-0.4, -0.2) is 23.7 Å². The third-order valence-corrected chi connectivity index (χ3v) is 2.70. The van der Waals surface area contributed by atoms with Crippen molar-refractivity contribution in [3.63, 3.8) is 0 Å². The van der Waals surface area contributed by atoms with Gasteiger partial charge in [0.05, 0.1) is 23.8 Å². The molecule has 0 atom stereocenters. The Bertz CT molecular complexity index is 385. The van der Waals surface area contributed by atoms with Crippen LogP contribution in [0.3, 0.4) is 0 Å². The van der Waals surface area contributed by atoms with Crippen molar-refractivity contribution in [1.29, 1.82) is 0 Å². The Kier molecular flexibility index (Phi) is 2.44. The summed E-state index contributed by atoms with van der Waals surface area (Å²) < 4.78 is 38.0. The van der Waals surface area contributed by atoms with Crippen LogP contribution in [-0.2, 0) is 0 Å². The van der Waals surface area contributed by atoms with E-state index in [0.717, 1.165) is 0 Å². The molecule has 0 bridgehead atoms. The molecule has 0 unspecified atom stereocenters. The fourth-order valence-electron chi connectivity index (χ4n) is 1.53. The lowest BCUT2D eigenvalue weighted by molar-refractivity contribution is -0.151. The zero-order valence-corrected chi connectivity index (χ0v) is 8.73. The molecule has 88 valence electrons. The minimum atomic E-state index is -4.21. The van der Waals surface area contributed by atoms with Gasteiger partial charge in [-0.2, -0.15) is 13.2 Å². The van der Waals surface area contributed by atoms with Crippen LogP contribution in [0.2, 0.25) is 0 Å². The second kappa shape index (κ2) is 3.54. The molecule has 0 spiro atoms. The number of alkyl halides is 3. The first-order chi connectivity index (χ1) is 7.47. The predicted molar refractivity (Wildman–Crippen MR) is 55.4 cm³/mol. The minimum Gasteiger partial charge on any atom is -0.387 e. The third kappa shape index (κ3) is 1.91. The maximum absolute atomic E-state index is 12.7. The topological polar surface area (TPSA) is 37.0 Å². The van der Waals surface area contributed by atoms with E-state index in [1.807, 2.05) is 0 Å². The number of pyridine rings is 1. The average molecular weight is 231 g/mol. The molecule has 0 saturated heterocycles. The van der Waals surface area contributed by atoms with Gasteiger partial charge in [-0.3, -0.25) is 4.98 Å². The van der Waals surface area contributed by atoms with E-state index in [2.05, 4.69) is 15.6 Å². The first-order valence-electron chi connectivity index (χ1n) is 4.95. The van der Waals surface area contributed by atoms with Gasteiger partial charge in [-0.25, -0.2) is 0 Å². The molecule has 1 saturated carbocycles. The van der Waals surface area contributed by atoms with Crippen LogP contribution in [0.25, 0.3) is 0 Å². The minimum absolute atomic E-state index is 0.125. The predicted octanol–water partition coefficient (Wildman–Crippen LogP) is 2.63. The molecule has 6 heteroatoms. The monoisotopic (exact) mass is 231 g/mol. The Hall–Kier alpha value is -1.46. The molecule has 1 fully saturated rings. The number of nitrogens with zero attached hydrogens (tertiary/aromatic N) is 1. The van der Waals surface area contributed by atoms with E-state index in [1.54, 1.807) is 19.3 Å². The Balaban J connectivity index is 2.15. The molecule has 0 aromatic carbocycles. The van der Waals surface area contributed by atoms with Crippen LogP contribution >= 0.6 is 0 Å². The van der Waals surface area contributed by atoms with Gasteiger partial charge in [-0.05, 0) is 18.9 Å². The van der Waals surface area contributed by atoms with Gasteiger partial charge in [0.25, 0.3) is 0 Å². The van der Waals surface area contributed by atoms with E-state index in [-0.39, 0.29) is 12.8 Å². The Labute approximate surface area is 91.1 Å². The first kappa shape index (κ1) is 11.0. The summed E-state index contributed by atoms with van der Waals surface area (Å²) in [6, 6.07) is 1.61. The van der Waals surface area contributed by atoms with E-state index in [0.29, 0.717) is 11.4 Å². The summed E-state index contributed by atoms with van der Waals surface area (Å²) in [5.74, 6) is 0. The quantitative estimate of drug-likeness (QED) is 0.839. The maximum atomic E-state index is 12.7. The van der Waals surface area contributed by atoms with Crippen molar-refractivity contribution < 1.29 is 13.2 Å². The normalized spacial score (nSPS) is 18.0. The Morgan fingerprint density at radius 1 is 1.25 bits per heavy atom. The SMILES string of the molecule is CNc1cncc(NC2(C(F)(F)F)CC2)c1. The van der Waals surface area contributed by atoms with Crippen molar-refractivity contribution in [2.45, 2.75) is 24.6 Å². The lowest BCUT2D eigenvalue weighted by Gasteiger charge is -2.21. The van der Waals surface area contributed by atoms with Crippen LogP contribution in [0.5, 0.6) is 0 Å². The summed E-state index contributed by atoms with van der Waals surface area (Å²) >= 11 is 0. The molecule has 1 aromatic rings. The molecule has 1 aliphatic rings. The molecule has 0 aliphatic heterocycles. The highest BCUT2D eigenvalue weighted by Gasteiger charge is 2.63. The van der Waals surface area contributed by atoms with Crippen molar-refractivity contribution in [3.05, 3.63) is 18.5 Å². The molecule has 1 aliphatic carbocycles. The number of nitrogens with one attached hydrogen (secondary N) is 2. The Morgan fingerprint density at radius 2 is 1.88 bits per heavy atom. The van der Waals surface area contributed by atoms with Gasteiger partial charge < -0.3 is 10.6 Å². The van der Waals surface area contributed by atoms with Crippen molar-refractivity contribution in [2.24, 2.45) is 0 Å². The molecule has 16 heavy (non-hydrogen) atoms. The molecule has 1 heterocycles. The molecule has 2 N–H and O–H groups in total. The highest BCUT2D eigenvalue weighted by Crippen LogP contribution is 2.51. The van der Waals surface area contributed by atoms with E-state index in [4.69, 9.17) is 0 Å². The summed E-state index contributed by atoms with van der Waals surface area (Å²) in [5, 5.41) is 5.35. The van der Waals surface area contributed by atoms with Crippen LogP contribution in [0.15, 0.2) is 18.5 Å². The van der Waals surface area contributed by atoms with Gasteiger partial charge in [0.2, 0.25) is 0 Å². The van der Waals surface area contributed by atoms with E-state index in [9.17, 15) is 13.2 Å². The second-order valence-corrected chi connectivity index (χ2v) is 3.92. The molecule has 0 radical (unpaired) electrons. The number of hydrogen-bond acceptors (Lipinski definition) is 3. The van der Waals surface area contributed by atoms with Crippen molar-refractivity contribution in [2.75, 3.05) is 17.7 Å². The summed E-state index contributed by atoms with van der Waals surface area (Å²) in [6.45, 7) is 0. The summed E-state index contributed by atoms with van der Waals surface area (Å²) in [5.41, 5.74) is -0.661. The third-order valence-electron chi connectivity index (χ3n) is 2.70. The van der Waals surface area contributed by atoms with Crippen LogP contribution in [0, 0.1) is 0 Å². The number of anilines is 2. The second-order valence-electron chi connectivity index (χ2n) is 3.92. The standard InChI is InChI=1S/C10H12F3N3/c1-14-7-4-8(6-15-5-7)16-9(2-3-9)10(11,12)13/h4-6,14,16H,2-3H2,1H3. The fourth-order valence-corrected chi connectivity index (χ4v) is 1.53. The lowest BCUT2D eigenvalue weighted by atomic mass is 10.2. The molecule has 2 rings (SSSR count).